The first kappa shape index (κ1) is 16.0. The molecule has 0 amide bonds. The van der Waals surface area contributed by atoms with Gasteiger partial charge in [-0.1, -0.05) is 18.2 Å². The number of aromatic nitrogens is 1. The Bertz CT molecular complexity index is 580. The zero-order valence-electron chi connectivity index (χ0n) is 13.6. The van der Waals surface area contributed by atoms with Crippen molar-refractivity contribution in [3.05, 3.63) is 59.9 Å². The molecule has 0 N–H and O–H groups in total. The van der Waals surface area contributed by atoms with Crippen molar-refractivity contribution >= 4 is 0 Å². The Morgan fingerprint density at radius 1 is 1.17 bits per heavy atom. The largest absolute Gasteiger partial charge is 0.497 e. The summed E-state index contributed by atoms with van der Waals surface area (Å²) in [4.78, 5) is 6.66. The third-order valence-electron chi connectivity index (χ3n) is 4.18. The quantitative estimate of drug-likeness (QED) is 0.786. The number of hydrogen-bond donors (Lipinski definition) is 0. The van der Waals surface area contributed by atoms with Gasteiger partial charge in [0.25, 0.3) is 0 Å². The highest BCUT2D eigenvalue weighted by Crippen LogP contribution is 2.18. The van der Waals surface area contributed by atoms with Gasteiger partial charge >= 0.3 is 0 Å². The molecule has 1 unspecified atom stereocenters. The summed E-state index contributed by atoms with van der Waals surface area (Å²) in [5.74, 6) is 0.895. The van der Waals surface area contributed by atoms with Crippen LogP contribution >= 0.6 is 0 Å². The second kappa shape index (κ2) is 8.09. The lowest BCUT2D eigenvalue weighted by atomic mass is 10.1. The maximum Gasteiger partial charge on any atom is 0.118 e. The van der Waals surface area contributed by atoms with Crippen molar-refractivity contribution < 1.29 is 9.47 Å². The van der Waals surface area contributed by atoms with Gasteiger partial charge in [-0.05, 0) is 42.2 Å². The van der Waals surface area contributed by atoms with E-state index in [1.807, 2.05) is 30.6 Å². The average Bonchev–Trinajstić information content (AvgIpc) is 3.09. The van der Waals surface area contributed by atoms with Crippen LogP contribution in [-0.2, 0) is 17.8 Å². The monoisotopic (exact) mass is 312 g/mol. The van der Waals surface area contributed by atoms with Crippen LogP contribution in [0.2, 0.25) is 0 Å². The molecule has 1 fully saturated rings. The molecule has 0 saturated carbocycles. The van der Waals surface area contributed by atoms with Crippen molar-refractivity contribution in [2.75, 3.05) is 20.3 Å². The van der Waals surface area contributed by atoms with Gasteiger partial charge in [0.2, 0.25) is 0 Å². The lowest BCUT2D eigenvalue weighted by molar-refractivity contribution is 0.0678. The minimum atomic E-state index is 0.352. The van der Waals surface area contributed by atoms with Crippen LogP contribution in [0.4, 0.5) is 0 Å². The fraction of sp³-hybridized carbons (Fsp3) is 0.421. The molecule has 1 aromatic heterocycles. The third-order valence-corrected chi connectivity index (χ3v) is 4.18. The predicted molar refractivity (Wildman–Crippen MR) is 90.3 cm³/mol. The smallest absolute Gasteiger partial charge is 0.118 e. The summed E-state index contributed by atoms with van der Waals surface area (Å²) in [7, 11) is 1.70. The first-order valence-corrected chi connectivity index (χ1v) is 8.19. The first-order valence-electron chi connectivity index (χ1n) is 8.19. The number of hydrogen-bond acceptors (Lipinski definition) is 4. The van der Waals surface area contributed by atoms with Crippen molar-refractivity contribution in [3.8, 4) is 5.75 Å². The second-order valence-electron chi connectivity index (χ2n) is 6.01. The summed E-state index contributed by atoms with van der Waals surface area (Å²) in [6.07, 6.45) is 6.44. The van der Waals surface area contributed by atoms with Gasteiger partial charge in [0.15, 0.2) is 0 Å². The van der Waals surface area contributed by atoms with Crippen LogP contribution in [0.3, 0.4) is 0 Å². The summed E-state index contributed by atoms with van der Waals surface area (Å²) < 4.78 is 11.1. The summed E-state index contributed by atoms with van der Waals surface area (Å²) in [5, 5.41) is 0. The van der Waals surface area contributed by atoms with Crippen molar-refractivity contribution in [1.82, 2.24) is 9.88 Å². The van der Waals surface area contributed by atoms with E-state index in [1.54, 1.807) is 7.11 Å². The second-order valence-corrected chi connectivity index (χ2v) is 6.01. The molecular formula is C19H24N2O2. The Kier molecular flexibility index (Phi) is 5.61. The van der Waals surface area contributed by atoms with Gasteiger partial charge in [-0.2, -0.15) is 0 Å². The average molecular weight is 312 g/mol. The van der Waals surface area contributed by atoms with E-state index in [-0.39, 0.29) is 0 Å². The zero-order chi connectivity index (χ0) is 15.9. The summed E-state index contributed by atoms with van der Waals surface area (Å²) in [6, 6.07) is 12.4. The Labute approximate surface area is 138 Å². The highest BCUT2D eigenvalue weighted by atomic mass is 16.5. The molecule has 0 bridgehead atoms. The van der Waals surface area contributed by atoms with Gasteiger partial charge in [-0.25, -0.2) is 0 Å². The van der Waals surface area contributed by atoms with Crippen molar-refractivity contribution in [2.45, 2.75) is 32.0 Å². The minimum absolute atomic E-state index is 0.352. The van der Waals surface area contributed by atoms with Crippen LogP contribution in [0.5, 0.6) is 5.75 Å². The van der Waals surface area contributed by atoms with E-state index in [1.165, 1.54) is 17.5 Å². The standard InChI is InChI=1S/C19H24N2O2/c1-22-18-8-6-16(7-9-18)13-21(15-19-5-3-11-23-19)14-17-4-2-10-20-12-17/h2,4,6-10,12,19H,3,5,11,13-15H2,1H3. The van der Waals surface area contributed by atoms with E-state index in [2.05, 4.69) is 28.1 Å². The number of ether oxygens (including phenoxy) is 2. The molecule has 0 aliphatic carbocycles. The molecule has 1 aliphatic rings. The lowest BCUT2D eigenvalue weighted by Gasteiger charge is -2.25. The number of rotatable bonds is 7. The van der Waals surface area contributed by atoms with Gasteiger partial charge in [0.1, 0.15) is 5.75 Å². The van der Waals surface area contributed by atoms with Gasteiger partial charge in [0.05, 0.1) is 13.2 Å². The van der Waals surface area contributed by atoms with E-state index >= 15 is 0 Å². The molecule has 1 saturated heterocycles. The zero-order valence-corrected chi connectivity index (χ0v) is 13.6. The SMILES string of the molecule is COc1ccc(CN(Cc2cccnc2)CC2CCCO2)cc1. The van der Waals surface area contributed by atoms with Gasteiger partial charge < -0.3 is 9.47 Å². The molecule has 0 radical (unpaired) electrons. The highest BCUT2D eigenvalue weighted by molar-refractivity contribution is 5.27. The Morgan fingerprint density at radius 2 is 2.00 bits per heavy atom. The van der Waals surface area contributed by atoms with Crippen LogP contribution in [0, 0.1) is 0 Å². The molecule has 1 aliphatic heterocycles. The maximum atomic E-state index is 5.82. The van der Waals surface area contributed by atoms with Crippen LogP contribution in [0.1, 0.15) is 24.0 Å². The molecule has 0 spiro atoms. The molecule has 1 aromatic carbocycles. The van der Waals surface area contributed by atoms with Gasteiger partial charge in [-0.15, -0.1) is 0 Å². The van der Waals surface area contributed by atoms with E-state index in [9.17, 15) is 0 Å². The van der Waals surface area contributed by atoms with Gasteiger partial charge in [-0.3, -0.25) is 9.88 Å². The van der Waals surface area contributed by atoms with E-state index in [0.29, 0.717) is 6.10 Å². The molecule has 2 aromatic rings. The molecular weight excluding hydrogens is 288 g/mol. The Morgan fingerprint density at radius 3 is 2.65 bits per heavy atom. The van der Waals surface area contributed by atoms with Crippen molar-refractivity contribution in [1.29, 1.82) is 0 Å². The van der Waals surface area contributed by atoms with Crippen molar-refractivity contribution in [2.24, 2.45) is 0 Å². The minimum Gasteiger partial charge on any atom is -0.497 e. The van der Waals surface area contributed by atoms with Crippen LogP contribution in [0.15, 0.2) is 48.8 Å². The topological polar surface area (TPSA) is 34.6 Å². The third kappa shape index (κ3) is 4.78. The normalized spacial score (nSPS) is 17.6. The molecule has 23 heavy (non-hydrogen) atoms. The molecule has 2 heterocycles. The first-order chi connectivity index (χ1) is 11.3. The molecule has 1 atom stereocenters. The highest BCUT2D eigenvalue weighted by Gasteiger charge is 2.19. The number of nitrogens with zero attached hydrogens (tertiary/aromatic N) is 2. The number of methoxy groups -OCH3 is 1. The molecule has 4 nitrogen and oxygen atoms in total. The number of pyridine rings is 1. The summed E-state index contributed by atoms with van der Waals surface area (Å²) in [6.45, 7) is 3.65. The van der Waals surface area contributed by atoms with E-state index < -0.39 is 0 Å². The fourth-order valence-corrected chi connectivity index (χ4v) is 3.00. The van der Waals surface area contributed by atoms with Gasteiger partial charge in [0, 0.05) is 38.6 Å². The Balaban J connectivity index is 1.67. The fourth-order valence-electron chi connectivity index (χ4n) is 3.00. The summed E-state index contributed by atoms with van der Waals surface area (Å²) in [5.41, 5.74) is 2.52. The van der Waals surface area contributed by atoms with Crippen LogP contribution < -0.4 is 4.74 Å². The van der Waals surface area contributed by atoms with E-state index in [0.717, 1.165) is 38.4 Å². The Hall–Kier alpha value is -1.91. The van der Waals surface area contributed by atoms with Crippen LogP contribution in [0.25, 0.3) is 0 Å². The van der Waals surface area contributed by atoms with Crippen molar-refractivity contribution in [3.63, 3.8) is 0 Å². The molecule has 4 heteroatoms. The number of benzene rings is 1. The molecule has 122 valence electrons. The van der Waals surface area contributed by atoms with Crippen LogP contribution in [-0.4, -0.2) is 36.2 Å². The van der Waals surface area contributed by atoms with E-state index in [4.69, 9.17) is 9.47 Å². The lowest BCUT2D eigenvalue weighted by Crippen LogP contribution is -2.31. The maximum absolute atomic E-state index is 5.82. The predicted octanol–water partition coefficient (Wildman–Crippen LogP) is 3.27. The molecule has 3 rings (SSSR count). The summed E-state index contributed by atoms with van der Waals surface area (Å²) >= 11 is 0.